The fourth-order valence-corrected chi connectivity index (χ4v) is 3.40. The van der Waals surface area contributed by atoms with E-state index in [1.54, 1.807) is 12.1 Å². The summed E-state index contributed by atoms with van der Waals surface area (Å²) in [6, 6.07) is 9.86. The first-order valence-electron chi connectivity index (χ1n) is 8.82. The number of ether oxygens (including phenoxy) is 1. The molecule has 0 radical (unpaired) electrons. The van der Waals surface area contributed by atoms with E-state index >= 15 is 0 Å². The van der Waals surface area contributed by atoms with Crippen LogP contribution in [0.1, 0.15) is 19.4 Å². The van der Waals surface area contributed by atoms with Crippen LogP contribution in [0.4, 0.5) is 5.69 Å². The summed E-state index contributed by atoms with van der Waals surface area (Å²) in [7, 11) is 0. The SMILES string of the molecule is CC(C)(Cc1ccc(Cl)c(Cl)c1)NCC(O)C1Oc2ccc(O)cc2NC1=O. The van der Waals surface area contributed by atoms with Gasteiger partial charge in [0.15, 0.2) is 0 Å². The maximum absolute atomic E-state index is 12.3. The number of aliphatic hydroxyl groups is 1. The van der Waals surface area contributed by atoms with Gasteiger partial charge >= 0.3 is 0 Å². The Hall–Kier alpha value is -1.99. The molecule has 3 rings (SSSR count). The Labute approximate surface area is 173 Å². The van der Waals surface area contributed by atoms with E-state index in [-0.39, 0.29) is 17.8 Å². The largest absolute Gasteiger partial charge is 0.508 e. The minimum atomic E-state index is -1.06. The first kappa shape index (κ1) is 20.7. The zero-order chi connectivity index (χ0) is 20.5. The fourth-order valence-electron chi connectivity index (χ4n) is 3.08. The minimum Gasteiger partial charge on any atom is -0.508 e. The topological polar surface area (TPSA) is 90.8 Å². The smallest absolute Gasteiger partial charge is 0.268 e. The minimum absolute atomic E-state index is 0.0207. The summed E-state index contributed by atoms with van der Waals surface area (Å²) in [6.07, 6.45) is -1.46. The van der Waals surface area contributed by atoms with Crippen molar-refractivity contribution in [3.63, 3.8) is 0 Å². The standard InChI is InChI=1S/C20H22Cl2N2O4/c1-20(2,9-11-3-5-13(21)14(22)7-11)23-10-16(26)18-19(27)24-15-8-12(25)4-6-17(15)28-18/h3-8,16,18,23,25-26H,9-10H2,1-2H3,(H,24,27). The van der Waals surface area contributed by atoms with Gasteiger partial charge in [0.25, 0.3) is 5.91 Å². The molecule has 8 heteroatoms. The van der Waals surface area contributed by atoms with Gasteiger partial charge in [-0.1, -0.05) is 29.3 Å². The predicted molar refractivity (Wildman–Crippen MR) is 109 cm³/mol. The number of anilines is 1. The number of β-amino-alcohol motifs (C(OH)–C–C–N with tert-alkyl or cyclic N) is 1. The maximum Gasteiger partial charge on any atom is 0.268 e. The number of aliphatic hydroxyl groups excluding tert-OH is 1. The van der Waals surface area contributed by atoms with Crippen molar-refractivity contribution in [2.75, 3.05) is 11.9 Å². The van der Waals surface area contributed by atoms with E-state index in [0.29, 0.717) is 27.9 Å². The molecule has 2 atom stereocenters. The molecule has 1 aliphatic rings. The van der Waals surface area contributed by atoms with Crippen molar-refractivity contribution in [3.8, 4) is 11.5 Å². The Bertz CT molecular complexity index is 889. The molecular formula is C20H22Cl2N2O4. The normalized spacial score (nSPS) is 17.5. The van der Waals surface area contributed by atoms with Gasteiger partial charge in [0.2, 0.25) is 6.10 Å². The molecule has 0 saturated heterocycles. The third-order valence-electron chi connectivity index (χ3n) is 4.50. The van der Waals surface area contributed by atoms with Crippen LogP contribution < -0.4 is 15.4 Å². The van der Waals surface area contributed by atoms with E-state index in [1.807, 2.05) is 26.0 Å². The van der Waals surface area contributed by atoms with E-state index in [1.165, 1.54) is 12.1 Å². The average molecular weight is 425 g/mol. The molecule has 1 aliphatic heterocycles. The highest BCUT2D eigenvalue weighted by Gasteiger charge is 2.34. The number of rotatable bonds is 6. The number of fused-ring (bicyclic) bond motifs is 1. The summed E-state index contributed by atoms with van der Waals surface area (Å²) in [5, 5.41) is 26.9. The highest BCUT2D eigenvalue weighted by Crippen LogP contribution is 2.33. The van der Waals surface area contributed by atoms with Gasteiger partial charge in [-0.2, -0.15) is 0 Å². The third-order valence-corrected chi connectivity index (χ3v) is 5.24. The van der Waals surface area contributed by atoms with E-state index in [0.717, 1.165) is 5.56 Å². The van der Waals surface area contributed by atoms with Crippen molar-refractivity contribution < 1.29 is 19.7 Å². The number of hydrogen-bond acceptors (Lipinski definition) is 5. The number of phenols is 1. The molecule has 2 unspecified atom stereocenters. The highest BCUT2D eigenvalue weighted by molar-refractivity contribution is 6.42. The number of hydrogen-bond donors (Lipinski definition) is 4. The van der Waals surface area contributed by atoms with E-state index in [4.69, 9.17) is 27.9 Å². The molecule has 0 fully saturated rings. The number of amides is 1. The number of benzene rings is 2. The van der Waals surface area contributed by atoms with Gasteiger partial charge in [-0.05, 0) is 50.1 Å². The number of halogens is 2. The molecule has 0 bridgehead atoms. The van der Waals surface area contributed by atoms with Crippen LogP contribution in [0.3, 0.4) is 0 Å². The summed E-state index contributed by atoms with van der Waals surface area (Å²) in [4.78, 5) is 12.3. The molecule has 2 aromatic carbocycles. The fraction of sp³-hybridized carbons (Fsp3) is 0.350. The molecule has 6 nitrogen and oxygen atoms in total. The second-order valence-corrected chi connectivity index (χ2v) is 8.28. The number of carbonyl (C=O) groups is 1. The number of phenolic OH excluding ortho intramolecular Hbond substituents is 1. The summed E-state index contributed by atoms with van der Waals surface area (Å²) in [5.74, 6) is -0.0430. The average Bonchev–Trinajstić information content (AvgIpc) is 2.62. The molecule has 4 N–H and O–H groups in total. The predicted octanol–water partition coefficient (Wildman–Crippen LogP) is 3.37. The molecule has 28 heavy (non-hydrogen) atoms. The Kier molecular flexibility index (Phi) is 6.05. The van der Waals surface area contributed by atoms with Crippen molar-refractivity contribution in [1.82, 2.24) is 5.32 Å². The monoisotopic (exact) mass is 424 g/mol. The van der Waals surface area contributed by atoms with Crippen molar-refractivity contribution in [1.29, 1.82) is 0 Å². The lowest BCUT2D eigenvalue weighted by molar-refractivity contribution is -0.128. The lowest BCUT2D eigenvalue weighted by atomic mass is 9.94. The maximum atomic E-state index is 12.3. The molecule has 0 aromatic heterocycles. The van der Waals surface area contributed by atoms with Crippen LogP contribution in [0.15, 0.2) is 36.4 Å². The second-order valence-electron chi connectivity index (χ2n) is 7.47. The van der Waals surface area contributed by atoms with Gasteiger partial charge in [-0.25, -0.2) is 0 Å². The molecule has 1 heterocycles. The van der Waals surface area contributed by atoms with Crippen molar-refractivity contribution >= 4 is 34.8 Å². The lowest BCUT2D eigenvalue weighted by Crippen LogP contribution is -2.53. The van der Waals surface area contributed by atoms with Crippen molar-refractivity contribution in [2.24, 2.45) is 0 Å². The van der Waals surface area contributed by atoms with E-state index in [2.05, 4.69) is 10.6 Å². The Morgan fingerprint density at radius 1 is 1.21 bits per heavy atom. The van der Waals surface area contributed by atoms with Crippen molar-refractivity contribution in [2.45, 2.75) is 38.0 Å². The molecule has 2 aromatic rings. The summed E-state index contributed by atoms with van der Waals surface area (Å²) in [6.45, 7) is 4.13. The highest BCUT2D eigenvalue weighted by atomic mass is 35.5. The quantitative estimate of drug-likeness (QED) is 0.570. The molecule has 150 valence electrons. The molecule has 1 amide bonds. The van der Waals surface area contributed by atoms with Crippen LogP contribution in [0.5, 0.6) is 11.5 Å². The van der Waals surface area contributed by atoms with Gasteiger partial charge in [0.1, 0.15) is 17.6 Å². The van der Waals surface area contributed by atoms with Gasteiger partial charge in [0.05, 0.1) is 15.7 Å². The van der Waals surface area contributed by atoms with Gasteiger partial charge in [-0.15, -0.1) is 0 Å². The number of carbonyl (C=O) groups excluding carboxylic acids is 1. The van der Waals surface area contributed by atoms with Crippen LogP contribution in [0.25, 0.3) is 0 Å². The Balaban J connectivity index is 1.61. The lowest BCUT2D eigenvalue weighted by Gasteiger charge is -2.32. The number of aromatic hydroxyl groups is 1. The number of nitrogens with one attached hydrogen (secondary N) is 2. The zero-order valence-electron chi connectivity index (χ0n) is 15.5. The summed E-state index contributed by atoms with van der Waals surface area (Å²) in [5.41, 5.74) is 1.01. The van der Waals surface area contributed by atoms with Crippen molar-refractivity contribution in [3.05, 3.63) is 52.0 Å². The molecule has 0 aliphatic carbocycles. The van der Waals surface area contributed by atoms with E-state index in [9.17, 15) is 15.0 Å². The third kappa shape index (κ3) is 4.89. The van der Waals surface area contributed by atoms with Gasteiger partial charge < -0.3 is 25.6 Å². The van der Waals surface area contributed by atoms with Gasteiger partial charge in [0, 0.05) is 18.2 Å². The molecule has 0 spiro atoms. The van der Waals surface area contributed by atoms with E-state index < -0.39 is 18.1 Å². The first-order chi connectivity index (χ1) is 13.1. The first-order valence-corrected chi connectivity index (χ1v) is 9.58. The second kappa shape index (κ2) is 8.17. The molecule has 0 saturated carbocycles. The Morgan fingerprint density at radius 3 is 2.68 bits per heavy atom. The summed E-state index contributed by atoms with van der Waals surface area (Å²) >= 11 is 12.0. The van der Waals surface area contributed by atoms with Crippen LogP contribution in [0, 0.1) is 0 Å². The molecular weight excluding hydrogens is 403 g/mol. The Morgan fingerprint density at radius 2 is 1.96 bits per heavy atom. The van der Waals surface area contributed by atoms with Crippen LogP contribution in [-0.4, -0.2) is 40.4 Å². The van der Waals surface area contributed by atoms with Crippen LogP contribution in [0.2, 0.25) is 10.0 Å². The summed E-state index contributed by atoms with van der Waals surface area (Å²) < 4.78 is 5.63. The van der Waals surface area contributed by atoms with Crippen LogP contribution >= 0.6 is 23.2 Å². The van der Waals surface area contributed by atoms with Crippen LogP contribution in [-0.2, 0) is 11.2 Å². The zero-order valence-corrected chi connectivity index (χ0v) is 17.0. The van der Waals surface area contributed by atoms with Gasteiger partial charge in [-0.3, -0.25) is 4.79 Å².